The molecule has 1 aliphatic carbocycles. The number of nitrogens with one attached hydrogen (secondary N) is 1. The molecule has 3 rings (SSSR count). The van der Waals surface area contributed by atoms with E-state index in [1.54, 1.807) is 0 Å². The Kier molecular flexibility index (Phi) is 7.33. The largest absolute Gasteiger partial charge is 0.480 e. The number of rotatable bonds is 5. The van der Waals surface area contributed by atoms with Crippen LogP contribution in [-0.4, -0.2) is 46.9 Å². The van der Waals surface area contributed by atoms with Crippen molar-refractivity contribution >= 4 is 18.0 Å². The first-order valence-electron chi connectivity index (χ1n) is 9.05. The smallest absolute Gasteiger partial charge is 0.407 e. The number of alkyl carbamates (subject to hydrolysis) is 1. The Hall–Kier alpha value is -3.39. The summed E-state index contributed by atoms with van der Waals surface area (Å²) in [7, 11) is 0. The van der Waals surface area contributed by atoms with Crippen molar-refractivity contribution in [3.05, 3.63) is 59.7 Å². The van der Waals surface area contributed by atoms with Gasteiger partial charge in [0.1, 0.15) is 18.7 Å². The second-order valence-electron chi connectivity index (χ2n) is 6.66. The van der Waals surface area contributed by atoms with Gasteiger partial charge in [-0.1, -0.05) is 48.5 Å². The lowest BCUT2D eigenvalue weighted by Crippen LogP contribution is -2.39. The van der Waals surface area contributed by atoms with Crippen molar-refractivity contribution in [2.45, 2.75) is 31.8 Å². The zero-order valence-corrected chi connectivity index (χ0v) is 16.2. The Morgan fingerprint density at radius 2 is 1.41 bits per heavy atom. The molecule has 5 N–H and O–H groups in total. The summed E-state index contributed by atoms with van der Waals surface area (Å²) in [6.45, 7) is 2.98. The van der Waals surface area contributed by atoms with Crippen LogP contribution in [0.2, 0.25) is 0 Å². The van der Waals surface area contributed by atoms with E-state index in [4.69, 9.17) is 20.7 Å². The maximum atomic E-state index is 11.7. The number of carboxylic acids is 2. The molecule has 8 heteroatoms. The highest BCUT2D eigenvalue weighted by molar-refractivity contribution is 5.80. The molecule has 2 atom stereocenters. The fourth-order valence-corrected chi connectivity index (χ4v) is 2.88. The molecule has 0 radical (unpaired) electrons. The number of carbonyl (C=O) groups excluding carboxylic acids is 1. The predicted molar refractivity (Wildman–Crippen MR) is 107 cm³/mol. The number of hydrogen-bond donors (Lipinski definition) is 4. The molecule has 154 valence electrons. The van der Waals surface area contributed by atoms with Crippen LogP contribution in [-0.2, 0) is 14.3 Å². The van der Waals surface area contributed by atoms with Crippen molar-refractivity contribution in [1.82, 2.24) is 5.32 Å². The number of fused-ring (bicyclic) bond motifs is 3. The van der Waals surface area contributed by atoms with Crippen molar-refractivity contribution in [3.8, 4) is 11.1 Å². The zero-order valence-electron chi connectivity index (χ0n) is 16.2. The third kappa shape index (κ3) is 5.55. The normalized spacial score (nSPS) is 13.8. The fraction of sp³-hybridized carbons (Fsp3) is 0.286. The van der Waals surface area contributed by atoms with Crippen LogP contribution < -0.4 is 11.1 Å². The molecule has 0 aliphatic heterocycles. The zero-order chi connectivity index (χ0) is 21.6. The number of aliphatic carboxylic acids is 2. The topological polar surface area (TPSA) is 139 Å². The average molecular weight is 400 g/mol. The first-order chi connectivity index (χ1) is 13.7. The van der Waals surface area contributed by atoms with Gasteiger partial charge in [0.15, 0.2) is 0 Å². The molecule has 0 spiro atoms. The average Bonchev–Trinajstić information content (AvgIpc) is 3.00. The summed E-state index contributed by atoms with van der Waals surface area (Å²) < 4.78 is 5.25. The SMILES string of the molecule is C[C@@H](N)C(=O)O.C[C@H](NC(=O)OCC1c2ccccc2-c2ccccc21)C(=O)O. The highest BCUT2D eigenvalue weighted by atomic mass is 16.5. The minimum atomic E-state index is -1.10. The molecule has 0 bridgehead atoms. The first kappa shape index (κ1) is 21.9. The van der Waals surface area contributed by atoms with E-state index in [1.807, 2.05) is 36.4 Å². The van der Waals surface area contributed by atoms with Crippen LogP contribution in [0.4, 0.5) is 4.79 Å². The molecule has 1 amide bonds. The van der Waals surface area contributed by atoms with Crippen LogP contribution in [0.1, 0.15) is 30.9 Å². The Bertz CT molecular complexity index is 851. The Balaban J connectivity index is 0.000000438. The molecule has 1 aliphatic rings. The van der Waals surface area contributed by atoms with Crippen LogP contribution in [0.3, 0.4) is 0 Å². The summed E-state index contributed by atoms with van der Waals surface area (Å²) in [5.74, 6) is -2.10. The van der Waals surface area contributed by atoms with Crippen molar-refractivity contribution < 1.29 is 29.3 Å². The number of benzene rings is 2. The quantitative estimate of drug-likeness (QED) is 0.604. The molecule has 8 nitrogen and oxygen atoms in total. The van der Waals surface area contributed by atoms with Gasteiger partial charge in [0.25, 0.3) is 0 Å². The third-order valence-corrected chi connectivity index (χ3v) is 4.44. The molecule has 0 saturated heterocycles. The molecule has 0 unspecified atom stereocenters. The van der Waals surface area contributed by atoms with E-state index in [0.29, 0.717) is 0 Å². The number of ether oxygens (including phenoxy) is 1. The van der Waals surface area contributed by atoms with E-state index in [9.17, 15) is 14.4 Å². The number of amides is 1. The van der Waals surface area contributed by atoms with E-state index in [-0.39, 0.29) is 12.5 Å². The van der Waals surface area contributed by atoms with Crippen molar-refractivity contribution in [2.75, 3.05) is 6.61 Å². The molecule has 0 fully saturated rings. The van der Waals surface area contributed by atoms with Gasteiger partial charge in [-0.25, -0.2) is 4.79 Å². The summed E-state index contributed by atoms with van der Waals surface area (Å²) in [6.07, 6.45) is -0.721. The Labute approximate surface area is 168 Å². The number of carbonyl (C=O) groups is 3. The second kappa shape index (κ2) is 9.70. The lowest BCUT2D eigenvalue weighted by atomic mass is 9.98. The van der Waals surface area contributed by atoms with E-state index in [2.05, 4.69) is 17.4 Å². The van der Waals surface area contributed by atoms with Gasteiger partial charge in [0, 0.05) is 5.92 Å². The number of carboxylic acid groups (broad SMARTS) is 2. The maximum absolute atomic E-state index is 11.7. The number of nitrogens with two attached hydrogens (primary N) is 1. The fourth-order valence-electron chi connectivity index (χ4n) is 2.88. The van der Waals surface area contributed by atoms with E-state index >= 15 is 0 Å². The van der Waals surface area contributed by atoms with Gasteiger partial charge in [-0.3, -0.25) is 9.59 Å². The van der Waals surface area contributed by atoms with Crippen LogP contribution in [0.25, 0.3) is 11.1 Å². The van der Waals surface area contributed by atoms with Gasteiger partial charge in [0.05, 0.1) is 0 Å². The van der Waals surface area contributed by atoms with Gasteiger partial charge in [0.2, 0.25) is 0 Å². The molecule has 0 aromatic heterocycles. The van der Waals surface area contributed by atoms with Crippen LogP contribution in [0.15, 0.2) is 48.5 Å². The molecule has 0 saturated carbocycles. The summed E-state index contributed by atoms with van der Waals surface area (Å²) in [5.41, 5.74) is 9.37. The standard InChI is InChI=1S/C18H17NO4.C3H7NO2/c1-11(17(20)21)19-18(22)23-10-16-14-8-4-2-6-12(14)13-7-3-5-9-15(13)16;1-2(4)3(5)6/h2-9,11,16H,10H2,1H3,(H,19,22)(H,20,21);2H,4H2,1H3,(H,5,6)/t11-;2-/m01/s1. The predicted octanol–water partition coefficient (Wildman–Crippen LogP) is 2.42. The molecule has 0 heterocycles. The summed E-state index contributed by atoms with van der Waals surface area (Å²) in [4.78, 5) is 32.1. The molecule has 29 heavy (non-hydrogen) atoms. The van der Waals surface area contributed by atoms with Crippen LogP contribution in [0.5, 0.6) is 0 Å². The highest BCUT2D eigenvalue weighted by Gasteiger charge is 2.29. The van der Waals surface area contributed by atoms with Crippen LogP contribution >= 0.6 is 0 Å². The van der Waals surface area contributed by atoms with Gasteiger partial charge < -0.3 is 26.0 Å². The maximum Gasteiger partial charge on any atom is 0.407 e. The molecule has 2 aromatic rings. The van der Waals surface area contributed by atoms with Gasteiger partial charge in [-0.05, 0) is 36.1 Å². The van der Waals surface area contributed by atoms with E-state index in [1.165, 1.54) is 13.8 Å². The molecular formula is C21H24N2O6. The summed E-state index contributed by atoms with van der Waals surface area (Å²) >= 11 is 0. The highest BCUT2D eigenvalue weighted by Crippen LogP contribution is 2.44. The van der Waals surface area contributed by atoms with Crippen molar-refractivity contribution in [3.63, 3.8) is 0 Å². The van der Waals surface area contributed by atoms with E-state index in [0.717, 1.165) is 22.3 Å². The second-order valence-corrected chi connectivity index (χ2v) is 6.66. The van der Waals surface area contributed by atoms with Crippen molar-refractivity contribution in [2.24, 2.45) is 5.73 Å². The minimum absolute atomic E-state index is 0.0340. The Morgan fingerprint density at radius 3 is 1.83 bits per heavy atom. The minimum Gasteiger partial charge on any atom is -0.480 e. The van der Waals surface area contributed by atoms with E-state index < -0.39 is 30.1 Å². The lowest BCUT2D eigenvalue weighted by molar-refractivity contribution is -0.139. The summed E-state index contributed by atoms with van der Waals surface area (Å²) in [5, 5.41) is 19.0. The van der Waals surface area contributed by atoms with Gasteiger partial charge in [-0.15, -0.1) is 0 Å². The lowest BCUT2D eigenvalue weighted by Gasteiger charge is -2.15. The number of hydrogen-bond acceptors (Lipinski definition) is 5. The third-order valence-electron chi connectivity index (χ3n) is 4.44. The monoisotopic (exact) mass is 400 g/mol. The van der Waals surface area contributed by atoms with Gasteiger partial charge >= 0.3 is 18.0 Å². The van der Waals surface area contributed by atoms with Crippen LogP contribution in [0, 0.1) is 0 Å². The first-order valence-corrected chi connectivity index (χ1v) is 9.05. The molecule has 2 aromatic carbocycles. The summed E-state index contributed by atoms with van der Waals surface area (Å²) in [6, 6.07) is 14.4. The van der Waals surface area contributed by atoms with Crippen molar-refractivity contribution in [1.29, 1.82) is 0 Å². The van der Waals surface area contributed by atoms with Gasteiger partial charge in [-0.2, -0.15) is 0 Å². The Morgan fingerprint density at radius 1 is 0.966 bits per heavy atom. The molecular weight excluding hydrogens is 376 g/mol.